The molecule has 1 aromatic heterocycles. The number of anilines is 1. The molecule has 3 rings (SSSR count). The van der Waals surface area contributed by atoms with Crippen molar-refractivity contribution in [1.29, 1.82) is 0 Å². The number of pyridine rings is 1. The minimum Gasteiger partial charge on any atom is -0.356 e. The highest BCUT2D eigenvalue weighted by atomic mass is 127. The molecule has 1 aromatic carbocycles. The Kier molecular flexibility index (Phi) is 9.96. The first-order valence-corrected chi connectivity index (χ1v) is 10.1. The zero-order valence-corrected chi connectivity index (χ0v) is 20.2. The molecule has 0 spiro atoms. The monoisotopic (exact) mass is 528 g/mol. The van der Waals surface area contributed by atoms with E-state index in [1.807, 2.05) is 30.5 Å². The maximum Gasteiger partial charge on any atom is 0.191 e. The lowest BCUT2D eigenvalue weighted by molar-refractivity contribution is 0.312. The number of nitrogens with one attached hydrogen (secondary N) is 2. The van der Waals surface area contributed by atoms with E-state index in [2.05, 4.69) is 49.6 Å². The predicted octanol–water partition coefficient (Wildman–Crippen LogP) is 3.01. The fourth-order valence-electron chi connectivity index (χ4n) is 3.13. The summed E-state index contributed by atoms with van der Waals surface area (Å²) in [5, 5.41) is 7.45. The maximum atomic E-state index is 5.92. The highest BCUT2D eigenvalue weighted by Crippen LogP contribution is 2.13. The van der Waals surface area contributed by atoms with E-state index in [9.17, 15) is 0 Å². The summed E-state index contributed by atoms with van der Waals surface area (Å²) >= 11 is 5.92. The fourth-order valence-corrected chi connectivity index (χ4v) is 3.25. The van der Waals surface area contributed by atoms with Gasteiger partial charge in [-0.25, -0.2) is 4.98 Å². The average molecular weight is 529 g/mol. The molecular formula is C21H30ClIN6. The second-order valence-corrected chi connectivity index (χ2v) is 7.48. The first-order valence-electron chi connectivity index (χ1n) is 9.71. The van der Waals surface area contributed by atoms with Gasteiger partial charge in [0.2, 0.25) is 0 Å². The van der Waals surface area contributed by atoms with Crippen LogP contribution >= 0.6 is 35.6 Å². The lowest BCUT2D eigenvalue weighted by Crippen LogP contribution is -2.44. The van der Waals surface area contributed by atoms with Gasteiger partial charge in [0.15, 0.2) is 5.96 Å². The van der Waals surface area contributed by atoms with Crippen LogP contribution in [0.5, 0.6) is 0 Å². The largest absolute Gasteiger partial charge is 0.356 e. The van der Waals surface area contributed by atoms with Gasteiger partial charge >= 0.3 is 0 Å². The van der Waals surface area contributed by atoms with Gasteiger partial charge in [-0.05, 0) is 42.8 Å². The Morgan fingerprint density at radius 1 is 1.03 bits per heavy atom. The Morgan fingerprint density at radius 2 is 1.72 bits per heavy atom. The van der Waals surface area contributed by atoms with Crippen molar-refractivity contribution in [2.24, 2.45) is 4.99 Å². The van der Waals surface area contributed by atoms with Crippen LogP contribution in [-0.4, -0.2) is 62.7 Å². The molecule has 29 heavy (non-hydrogen) atoms. The van der Waals surface area contributed by atoms with Gasteiger partial charge < -0.3 is 20.4 Å². The number of rotatable bonds is 6. The van der Waals surface area contributed by atoms with Crippen molar-refractivity contribution < 1.29 is 0 Å². The maximum absolute atomic E-state index is 5.92. The van der Waals surface area contributed by atoms with Crippen molar-refractivity contribution in [3.63, 3.8) is 0 Å². The predicted molar refractivity (Wildman–Crippen MR) is 133 cm³/mol. The molecule has 0 atom stereocenters. The van der Waals surface area contributed by atoms with E-state index in [0.29, 0.717) is 6.54 Å². The van der Waals surface area contributed by atoms with Crippen LogP contribution in [0, 0.1) is 0 Å². The molecule has 0 saturated carbocycles. The molecule has 1 saturated heterocycles. The van der Waals surface area contributed by atoms with E-state index in [1.54, 1.807) is 7.05 Å². The molecule has 1 aliphatic heterocycles. The van der Waals surface area contributed by atoms with E-state index >= 15 is 0 Å². The third-order valence-electron chi connectivity index (χ3n) is 4.94. The summed E-state index contributed by atoms with van der Waals surface area (Å²) in [6, 6.07) is 12.2. The van der Waals surface area contributed by atoms with Crippen LogP contribution in [-0.2, 0) is 13.0 Å². The molecule has 2 heterocycles. The molecule has 158 valence electrons. The van der Waals surface area contributed by atoms with Crippen LogP contribution in [0.2, 0.25) is 5.02 Å². The van der Waals surface area contributed by atoms with Gasteiger partial charge in [0.25, 0.3) is 0 Å². The molecule has 0 amide bonds. The molecule has 1 aliphatic rings. The van der Waals surface area contributed by atoms with Gasteiger partial charge in [-0.1, -0.05) is 29.8 Å². The number of aromatic nitrogens is 1. The number of hydrogen-bond donors (Lipinski definition) is 2. The molecule has 1 fully saturated rings. The summed E-state index contributed by atoms with van der Waals surface area (Å²) in [4.78, 5) is 13.6. The number of hydrogen-bond acceptors (Lipinski definition) is 4. The number of guanidine groups is 1. The topological polar surface area (TPSA) is 55.8 Å². The lowest BCUT2D eigenvalue weighted by Gasteiger charge is -2.33. The second kappa shape index (κ2) is 12.2. The van der Waals surface area contributed by atoms with E-state index in [1.165, 1.54) is 5.56 Å². The van der Waals surface area contributed by atoms with Gasteiger partial charge in [0.05, 0.1) is 0 Å². The van der Waals surface area contributed by atoms with Crippen LogP contribution in [0.4, 0.5) is 5.82 Å². The third-order valence-corrected chi connectivity index (χ3v) is 5.19. The van der Waals surface area contributed by atoms with E-state index in [4.69, 9.17) is 11.6 Å². The minimum atomic E-state index is 0. The Bertz CT molecular complexity index is 758. The summed E-state index contributed by atoms with van der Waals surface area (Å²) in [5.74, 6) is 1.85. The molecule has 0 unspecified atom stereocenters. The number of nitrogens with zero attached hydrogens (tertiary/aromatic N) is 4. The molecule has 0 radical (unpaired) electrons. The van der Waals surface area contributed by atoms with Crippen molar-refractivity contribution in [2.75, 3.05) is 51.7 Å². The standard InChI is InChI=1S/C21H29ClN6.HI/c1-23-21(24-10-9-17-3-6-19(22)7-4-17)26-16-18-5-8-20(25-15-18)28-13-11-27(2)12-14-28;/h3-8,15H,9-14,16H2,1-2H3,(H2,23,24,26);1H. The summed E-state index contributed by atoms with van der Waals surface area (Å²) in [5.41, 5.74) is 2.38. The quantitative estimate of drug-likeness (QED) is 0.343. The number of piperazine rings is 1. The van der Waals surface area contributed by atoms with E-state index in [-0.39, 0.29) is 24.0 Å². The summed E-state index contributed by atoms with van der Waals surface area (Å²) in [6.07, 6.45) is 2.86. The van der Waals surface area contributed by atoms with Crippen molar-refractivity contribution in [1.82, 2.24) is 20.5 Å². The minimum absolute atomic E-state index is 0. The van der Waals surface area contributed by atoms with Crippen LogP contribution in [0.3, 0.4) is 0 Å². The Balaban J connectivity index is 0.00000300. The third kappa shape index (κ3) is 7.64. The van der Waals surface area contributed by atoms with Crippen LogP contribution in [0.1, 0.15) is 11.1 Å². The molecule has 2 aromatic rings. The number of halogens is 2. The zero-order chi connectivity index (χ0) is 19.8. The van der Waals surface area contributed by atoms with Crippen molar-refractivity contribution in [3.05, 3.63) is 58.7 Å². The second-order valence-electron chi connectivity index (χ2n) is 7.04. The van der Waals surface area contributed by atoms with E-state index < -0.39 is 0 Å². The van der Waals surface area contributed by atoms with Crippen molar-refractivity contribution in [2.45, 2.75) is 13.0 Å². The first-order chi connectivity index (χ1) is 13.6. The summed E-state index contributed by atoms with van der Waals surface area (Å²) in [7, 11) is 3.95. The molecular weight excluding hydrogens is 499 g/mol. The van der Waals surface area contributed by atoms with Gasteiger partial charge in [-0.3, -0.25) is 4.99 Å². The summed E-state index contributed by atoms with van der Waals surface area (Å²) in [6.45, 7) is 5.74. The van der Waals surface area contributed by atoms with Gasteiger partial charge in [0.1, 0.15) is 5.82 Å². The van der Waals surface area contributed by atoms with Crippen LogP contribution in [0.15, 0.2) is 47.6 Å². The van der Waals surface area contributed by atoms with Gasteiger partial charge in [0, 0.05) is 57.5 Å². The van der Waals surface area contributed by atoms with Crippen LogP contribution < -0.4 is 15.5 Å². The Hall–Kier alpha value is -1.58. The SMILES string of the molecule is CN=C(NCCc1ccc(Cl)cc1)NCc1ccc(N2CCN(C)CC2)nc1.I. The van der Waals surface area contributed by atoms with Crippen molar-refractivity contribution in [3.8, 4) is 0 Å². The number of benzene rings is 1. The number of aliphatic imine (C=N–C) groups is 1. The van der Waals surface area contributed by atoms with Gasteiger partial charge in [-0.15, -0.1) is 24.0 Å². The molecule has 6 nitrogen and oxygen atoms in total. The normalized spacial score (nSPS) is 15.0. The van der Waals surface area contributed by atoms with E-state index in [0.717, 1.165) is 61.5 Å². The molecule has 0 aliphatic carbocycles. The average Bonchev–Trinajstić information content (AvgIpc) is 2.73. The van der Waals surface area contributed by atoms with Gasteiger partial charge in [-0.2, -0.15) is 0 Å². The zero-order valence-electron chi connectivity index (χ0n) is 17.1. The fraction of sp³-hybridized carbons (Fsp3) is 0.429. The molecule has 2 N–H and O–H groups in total. The van der Waals surface area contributed by atoms with Crippen molar-refractivity contribution >= 4 is 47.4 Å². The highest BCUT2D eigenvalue weighted by molar-refractivity contribution is 14.0. The molecule has 8 heteroatoms. The highest BCUT2D eigenvalue weighted by Gasteiger charge is 2.14. The number of likely N-dealkylation sites (N-methyl/N-ethyl adjacent to an activating group) is 1. The first kappa shape index (κ1) is 23.7. The summed E-state index contributed by atoms with van der Waals surface area (Å²) < 4.78 is 0. The smallest absolute Gasteiger partial charge is 0.191 e. The Labute approximate surface area is 195 Å². The van der Waals surface area contributed by atoms with Crippen LogP contribution in [0.25, 0.3) is 0 Å². The molecule has 0 bridgehead atoms. The Morgan fingerprint density at radius 3 is 2.34 bits per heavy atom. The lowest BCUT2D eigenvalue weighted by atomic mass is 10.1.